The molecule has 0 rings (SSSR count). The van der Waals surface area contributed by atoms with E-state index in [0.717, 1.165) is 12.5 Å². The highest BCUT2D eigenvalue weighted by atomic mass is 35.6. The molecule has 4 heteroatoms. The third-order valence-electron chi connectivity index (χ3n) is 1.43. The summed E-state index contributed by atoms with van der Waals surface area (Å²) in [5, 5.41) is 0.209. The predicted molar refractivity (Wildman–Crippen MR) is 53.8 cm³/mol. The predicted octanol–water partition coefficient (Wildman–Crippen LogP) is 3.35. The molecule has 0 aliphatic carbocycles. The first kappa shape index (κ1) is 11.8. The van der Waals surface area contributed by atoms with Crippen LogP contribution in [-0.2, 0) is 4.43 Å². The van der Waals surface area contributed by atoms with Crippen molar-refractivity contribution in [1.82, 2.24) is 0 Å². The highest BCUT2D eigenvalue weighted by Gasteiger charge is 2.25. The summed E-state index contributed by atoms with van der Waals surface area (Å²) >= 11 is 11.9. The normalized spacial score (nSPS) is 19.4. The molecule has 0 bridgehead atoms. The van der Waals surface area contributed by atoms with Gasteiger partial charge in [0.2, 0.25) is 0 Å². The summed E-state index contributed by atoms with van der Waals surface area (Å²) in [6.45, 7) is 6.67. The molecule has 0 N–H and O–H groups in total. The van der Waals surface area contributed by atoms with Crippen molar-refractivity contribution in [2.24, 2.45) is 0 Å². The zero-order valence-electron chi connectivity index (χ0n) is 7.36. The maximum absolute atomic E-state index is 6.14. The van der Waals surface area contributed by atoms with Gasteiger partial charge >= 0.3 is 0 Å². The van der Waals surface area contributed by atoms with Crippen molar-refractivity contribution in [3.05, 3.63) is 0 Å². The van der Waals surface area contributed by atoms with Gasteiger partial charge in [0.25, 0.3) is 7.63 Å². The molecular weight excluding hydrogens is 199 g/mol. The number of alkyl halides is 1. The molecule has 0 saturated heterocycles. The molecule has 0 amide bonds. The molecular formula is C7H16Cl2OSi. The van der Waals surface area contributed by atoms with Crippen LogP contribution in [0.25, 0.3) is 0 Å². The number of halogens is 2. The Morgan fingerprint density at radius 1 is 1.55 bits per heavy atom. The summed E-state index contributed by atoms with van der Waals surface area (Å²) in [6, 6.07) is 0.938. The van der Waals surface area contributed by atoms with E-state index < -0.39 is 7.63 Å². The minimum atomic E-state index is -1.88. The van der Waals surface area contributed by atoms with Crippen LogP contribution in [0.4, 0.5) is 0 Å². The fourth-order valence-corrected chi connectivity index (χ4v) is 3.47. The molecule has 0 aliphatic rings. The van der Waals surface area contributed by atoms with Gasteiger partial charge in [-0.3, -0.25) is 0 Å². The van der Waals surface area contributed by atoms with Crippen LogP contribution in [0.15, 0.2) is 0 Å². The lowest BCUT2D eigenvalue weighted by Gasteiger charge is -2.19. The summed E-state index contributed by atoms with van der Waals surface area (Å²) in [5.74, 6) is 0. The molecule has 0 fully saturated rings. The molecule has 0 radical (unpaired) electrons. The number of rotatable bonds is 5. The van der Waals surface area contributed by atoms with Crippen molar-refractivity contribution in [2.75, 3.05) is 6.61 Å². The summed E-state index contributed by atoms with van der Waals surface area (Å²) in [5.41, 5.74) is 0. The number of hydrogen-bond donors (Lipinski definition) is 0. The molecule has 0 aromatic carbocycles. The number of hydrogen-bond acceptors (Lipinski definition) is 1. The average Bonchev–Trinajstić information content (AvgIpc) is 1.84. The van der Waals surface area contributed by atoms with Crippen LogP contribution < -0.4 is 0 Å². The Labute approximate surface area is 79.9 Å². The van der Waals surface area contributed by atoms with Gasteiger partial charge in [-0.2, -0.15) is 0 Å². The van der Waals surface area contributed by atoms with Crippen LogP contribution in [0.1, 0.15) is 20.3 Å². The van der Waals surface area contributed by atoms with E-state index in [0.29, 0.717) is 6.61 Å². The molecule has 0 saturated carbocycles. The van der Waals surface area contributed by atoms with E-state index >= 15 is 0 Å². The minimum absolute atomic E-state index is 0.209. The lowest BCUT2D eigenvalue weighted by atomic mass is 10.4. The Balaban J connectivity index is 3.54. The van der Waals surface area contributed by atoms with Crippen molar-refractivity contribution in [3.8, 4) is 0 Å². The van der Waals surface area contributed by atoms with Crippen LogP contribution in [0.2, 0.25) is 12.6 Å². The first-order chi connectivity index (χ1) is 4.98. The average molecular weight is 215 g/mol. The van der Waals surface area contributed by atoms with Crippen molar-refractivity contribution in [1.29, 1.82) is 0 Å². The van der Waals surface area contributed by atoms with Gasteiger partial charge in [0.05, 0.1) is 0 Å². The Bertz CT molecular complexity index is 107. The third-order valence-corrected chi connectivity index (χ3v) is 4.62. The van der Waals surface area contributed by atoms with Crippen LogP contribution in [0.3, 0.4) is 0 Å². The van der Waals surface area contributed by atoms with E-state index in [1.807, 2.05) is 20.4 Å². The molecule has 68 valence electrons. The van der Waals surface area contributed by atoms with Gasteiger partial charge < -0.3 is 4.43 Å². The Hall–Kier alpha value is 0.757. The second-order valence-corrected chi connectivity index (χ2v) is 8.99. The largest absolute Gasteiger partial charge is 0.403 e. The van der Waals surface area contributed by atoms with Gasteiger partial charge in [-0.25, -0.2) is 0 Å². The van der Waals surface area contributed by atoms with Crippen LogP contribution >= 0.6 is 22.7 Å². The van der Waals surface area contributed by atoms with Crippen LogP contribution in [0, 0.1) is 0 Å². The van der Waals surface area contributed by atoms with E-state index in [-0.39, 0.29) is 5.38 Å². The molecule has 0 aromatic rings. The summed E-state index contributed by atoms with van der Waals surface area (Å²) in [7, 11) is -1.88. The fraction of sp³-hybridized carbons (Fsp3) is 1.00. The Morgan fingerprint density at radius 3 is 2.45 bits per heavy atom. The topological polar surface area (TPSA) is 9.23 Å². The van der Waals surface area contributed by atoms with E-state index in [4.69, 9.17) is 27.1 Å². The quantitative estimate of drug-likeness (QED) is 0.388. The second kappa shape index (κ2) is 5.41. The molecule has 0 spiro atoms. The monoisotopic (exact) mass is 214 g/mol. The minimum Gasteiger partial charge on any atom is -0.403 e. The molecule has 11 heavy (non-hydrogen) atoms. The molecule has 0 aliphatic heterocycles. The smallest absolute Gasteiger partial charge is 0.287 e. The fourth-order valence-electron chi connectivity index (χ4n) is 0.830. The third kappa shape index (κ3) is 7.13. The van der Waals surface area contributed by atoms with Gasteiger partial charge in [0.1, 0.15) is 0 Å². The maximum atomic E-state index is 6.14. The van der Waals surface area contributed by atoms with E-state index in [1.54, 1.807) is 0 Å². The maximum Gasteiger partial charge on any atom is 0.287 e. The van der Waals surface area contributed by atoms with Crippen molar-refractivity contribution < 1.29 is 4.43 Å². The lowest BCUT2D eigenvalue weighted by molar-refractivity contribution is 0.338. The molecule has 1 nitrogen and oxygen atoms in total. The summed E-state index contributed by atoms with van der Waals surface area (Å²) < 4.78 is 5.43. The first-order valence-electron chi connectivity index (χ1n) is 3.95. The van der Waals surface area contributed by atoms with Crippen LogP contribution in [0.5, 0.6) is 0 Å². The van der Waals surface area contributed by atoms with Crippen molar-refractivity contribution in [2.45, 2.75) is 38.2 Å². The zero-order valence-corrected chi connectivity index (χ0v) is 9.87. The Kier molecular flexibility index (Phi) is 5.78. The first-order valence-corrected chi connectivity index (χ1v) is 8.01. The highest BCUT2D eigenvalue weighted by molar-refractivity contribution is 7.16. The van der Waals surface area contributed by atoms with Crippen molar-refractivity contribution >= 4 is 30.3 Å². The van der Waals surface area contributed by atoms with Gasteiger partial charge in [-0.05, 0) is 32.9 Å². The second-order valence-electron chi connectivity index (χ2n) is 2.85. The molecule has 2 unspecified atom stereocenters. The van der Waals surface area contributed by atoms with E-state index in [9.17, 15) is 0 Å². The molecule has 0 heterocycles. The van der Waals surface area contributed by atoms with Crippen molar-refractivity contribution in [3.63, 3.8) is 0 Å². The van der Waals surface area contributed by atoms with E-state index in [2.05, 4.69) is 0 Å². The SMILES string of the molecule is CCO[Si](C)(Cl)CCC(C)Cl. The van der Waals surface area contributed by atoms with Gasteiger partial charge in [0, 0.05) is 12.0 Å². The van der Waals surface area contributed by atoms with E-state index in [1.165, 1.54) is 0 Å². The van der Waals surface area contributed by atoms with Gasteiger partial charge in [0.15, 0.2) is 0 Å². The zero-order chi connectivity index (χ0) is 8.91. The summed E-state index contributed by atoms with van der Waals surface area (Å²) in [6.07, 6.45) is 0.952. The lowest BCUT2D eigenvalue weighted by Crippen LogP contribution is -2.27. The standard InChI is InChI=1S/C7H16Cl2OSi/c1-4-10-11(3,9)6-5-7(2)8/h7H,4-6H2,1-3H3. The van der Waals surface area contributed by atoms with Gasteiger partial charge in [-0.1, -0.05) is 0 Å². The summed E-state index contributed by atoms with van der Waals surface area (Å²) in [4.78, 5) is 0. The molecule has 2 atom stereocenters. The highest BCUT2D eigenvalue weighted by Crippen LogP contribution is 2.21. The van der Waals surface area contributed by atoms with Gasteiger partial charge in [-0.15, -0.1) is 22.7 Å². The molecule has 0 aromatic heterocycles. The van der Waals surface area contributed by atoms with Crippen LogP contribution in [-0.4, -0.2) is 19.6 Å². The Morgan fingerprint density at radius 2 is 2.09 bits per heavy atom.